The number of halogens is 1. The minimum Gasteiger partial charge on any atom is -0.490 e. The number of aryl methyl sites for hydroxylation is 1. The fourth-order valence-corrected chi connectivity index (χ4v) is 6.88. The number of hydrogen-bond donors (Lipinski definition) is 0. The number of methoxy groups -OCH3 is 1. The number of nitrogens with zero attached hydrogens (tertiary/aromatic N) is 3. The van der Waals surface area contributed by atoms with Crippen LogP contribution in [0.4, 0.5) is 4.39 Å². The van der Waals surface area contributed by atoms with Gasteiger partial charge in [-0.15, -0.1) is 0 Å². The summed E-state index contributed by atoms with van der Waals surface area (Å²) < 4.78 is 35.4. The molecule has 0 aliphatic carbocycles. The minimum atomic E-state index is -1.17. The maximum absolute atomic E-state index is 16.1. The number of esters is 1. The van der Waals surface area contributed by atoms with Gasteiger partial charge in [0.25, 0.3) is 0 Å². The summed E-state index contributed by atoms with van der Waals surface area (Å²) >= 11 is 0. The first-order chi connectivity index (χ1) is 24.1. The summed E-state index contributed by atoms with van der Waals surface area (Å²) in [7, 11) is 1.34. The van der Waals surface area contributed by atoms with Gasteiger partial charge in [-0.05, 0) is 81.8 Å². The predicted octanol–water partition coefficient (Wildman–Crippen LogP) is 9.51. The van der Waals surface area contributed by atoms with Gasteiger partial charge in [0.05, 0.1) is 30.6 Å². The number of carbonyl (C=O) groups is 1. The zero-order valence-corrected chi connectivity index (χ0v) is 29.2. The molecular formula is C42H40FN3O4. The van der Waals surface area contributed by atoms with Crippen LogP contribution in [0, 0.1) is 19.7 Å². The molecule has 0 bridgehead atoms. The molecule has 1 atom stereocenters. The summed E-state index contributed by atoms with van der Waals surface area (Å²) in [4.78, 5) is 18.8. The zero-order chi connectivity index (χ0) is 35.2. The van der Waals surface area contributed by atoms with Gasteiger partial charge in [-0.2, -0.15) is 5.10 Å². The van der Waals surface area contributed by atoms with E-state index in [0.29, 0.717) is 46.9 Å². The van der Waals surface area contributed by atoms with Crippen LogP contribution in [0.5, 0.6) is 5.75 Å². The average molecular weight is 670 g/mol. The fraction of sp³-hybridized carbons (Fsp3) is 0.262. The fourth-order valence-electron chi connectivity index (χ4n) is 6.88. The minimum absolute atomic E-state index is 0.278. The van der Waals surface area contributed by atoms with Crippen LogP contribution in [0.2, 0.25) is 0 Å². The lowest BCUT2D eigenvalue weighted by Crippen LogP contribution is -2.30. The summed E-state index contributed by atoms with van der Waals surface area (Å²) in [5, 5.41) is 5.28. The first kappa shape index (κ1) is 33.2. The van der Waals surface area contributed by atoms with Crippen LogP contribution in [0.15, 0.2) is 91.0 Å². The van der Waals surface area contributed by atoms with Gasteiger partial charge in [-0.1, -0.05) is 78.9 Å². The molecule has 0 N–H and O–H groups in total. The normalized spacial score (nSPS) is 13.5. The highest BCUT2D eigenvalue weighted by molar-refractivity contribution is 5.94. The Kier molecular flexibility index (Phi) is 8.74. The largest absolute Gasteiger partial charge is 0.490 e. The number of carbonyl (C=O) groups excluding carboxylic acids is 1. The van der Waals surface area contributed by atoms with Crippen molar-refractivity contribution in [3.63, 3.8) is 0 Å². The third-order valence-corrected chi connectivity index (χ3v) is 9.14. The van der Waals surface area contributed by atoms with Crippen molar-refractivity contribution in [2.24, 2.45) is 0 Å². The van der Waals surface area contributed by atoms with E-state index in [-0.39, 0.29) is 5.75 Å². The molecule has 254 valence electrons. The summed E-state index contributed by atoms with van der Waals surface area (Å²) in [6.07, 6.45) is 0.267. The van der Waals surface area contributed by atoms with Crippen LogP contribution >= 0.6 is 0 Å². The second-order valence-corrected chi connectivity index (χ2v) is 13.7. The number of rotatable bonds is 7. The van der Waals surface area contributed by atoms with Crippen molar-refractivity contribution in [3.05, 3.63) is 119 Å². The van der Waals surface area contributed by atoms with Gasteiger partial charge < -0.3 is 14.2 Å². The molecular weight excluding hydrogens is 629 g/mol. The van der Waals surface area contributed by atoms with E-state index in [1.54, 1.807) is 4.52 Å². The Morgan fingerprint density at radius 2 is 1.56 bits per heavy atom. The molecule has 1 aliphatic rings. The molecule has 50 heavy (non-hydrogen) atoms. The molecule has 6 aromatic rings. The lowest BCUT2D eigenvalue weighted by Gasteiger charge is -2.29. The van der Waals surface area contributed by atoms with E-state index in [2.05, 4.69) is 30.3 Å². The van der Waals surface area contributed by atoms with Crippen LogP contribution < -0.4 is 4.74 Å². The SMILES string of the molecule is COC(=O)C(OC(C)(C)C)c1c(C)nc2c(-c3cccc(-c4ccccc4)c3)c(-c3ccccc3)nn2c1-c1cc(F)c2c(c1C)CCCO2. The van der Waals surface area contributed by atoms with E-state index >= 15 is 4.39 Å². The van der Waals surface area contributed by atoms with Gasteiger partial charge in [-0.3, -0.25) is 0 Å². The molecule has 0 saturated heterocycles. The number of aromatic nitrogens is 3. The number of ether oxygens (including phenoxy) is 3. The van der Waals surface area contributed by atoms with Crippen molar-refractivity contribution in [1.82, 2.24) is 14.6 Å². The quantitative estimate of drug-likeness (QED) is 0.158. The number of hydrogen-bond acceptors (Lipinski definition) is 6. The smallest absolute Gasteiger partial charge is 0.339 e. The van der Waals surface area contributed by atoms with Crippen molar-refractivity contribution in [1.29, 1.82) is 0 Å². The van der Waals surface area contributed by atoms with Crippen LogP contribution in [0.1, 0.15) is 55.7 Å². The van der Waals surface area contributed by atoms with Crippen LogP contribution in [0.3, 0.4) is 0 Å². The molecule has 7 rings (SSSR count). The number of fused-ring (bicyclic) bond motifs is 2. The summed E-state index contributed by atoms with van der Waals surface area (Å²) in [5.41, 5.74) is 9.04. The van der Waals surface area contributed by atoms with Gasteiger partial charge >= 0.3 is 5.97 Å². The molecule has 8 heteroatoms. The standard InChI is InChI=1S/C42H40FN3O4/c1-25-31-21-14-22-49-38(31)33(43)24-32(25)37-34(39(41(47)48-6)50-42(3,4)5)26(2)44-40-35(36(45-46(37)40)28-17-11-8-12-18-28)30-20-13-19-29(23-30)27-15-9-7-10-16-27/h7-13,15-20,23-24,39H,14,21-22H2,1-6H3. The van der Waals surface area contributed by atoms with Crippen molar-refractivity contribution >= 4 is 11.6 Å². The molecule has 0 fully saturated rings. The highest BCUT2D eigenvalue weighted by Gasteiger charge is 2.36. The van der Waals surface area contributed by atoms with E-state index in [1.807, 2.05) is 89.2 Å². The van der Waals surface area contributed by atoms with Crippen molar-refractivity contribution in [2.75, 3.05) is 13.7 Å². The Morgan fingerprint density at radius 1 is 0.900 bits per heavy atom. The molecule has 4 aromatic carbocycles. The second kappa shape index (κ2) is 13.2. The summed E-state index contributed by atoms with van der Waals surface area (Å²) in [6.45, 7) is 9.92. The Balaban J connectivity index is 1.62. The maximum Gasteiger partial charge on any atom is 0.339 e. The van der Waals surface area contributed by atoms with E-state index in [4.69, 9.17) is 24.3 Å². The van der Waals surface area contributed by atoms with Crippen LogP contribution in [0.25, 0.3) is 50.4 Å². The maximum atomic E-state index is 16.1. The molecule has 0 radical (unpaired) electrons. The van der Waals surface area contributed by atoms with Crippen molar-refractivity contribution in [3.8, 4) is 50.5 Å². The topological polar surface area (TPSA) is 75.0 Å². The average Bonchev–Trinajstić information content (AvgIpc) is 3.51. The van der Waals surface area contributed by atoms with Crippen LogP contribution in [-0.2, 0) is 20.7 Å². The highest BCUT2D eigenvalue weighted by atomic mass is 19.1. The summed E-state index contributed by atoms with van der Waals surface area (Å²) in [6, 6.07) is 30.0. The molecule has 0 spiro atoms. The van der Waals surface area contributed by atoms with E-state index in [1.165, 1.54) is 13.2 Å². The monoisotopic (exact) mass is 669 g/mol. The molecule has 0 saturated carbocycles. The summed E-state index contributed by atoms with van der Waals surface area (Å²) in [5.74, 6) is -0.775. The third kappa shape index (κ3) is 6.05. The third-order valence-electron chi connectivity index (χ3n) is 9.14. The van der Waals surface area contributed by atoms with Crippen LogP contribution in [-0.4, -0.2) is 39.9 Å². The Bertz CT molecular complexity index is 2220. The van der Waals surface area contributed by atoms with Gasteiger partial charge in [0, 0.05) is 27.9 Å². The number of benzene rings is 4. The van der Waals surface area contributed by atoms with E-state index < -0.39 is 23.5 Å². The molecule has 1 unspecified atom stereocenters. The second-order valence-electron chi connectivity index (χ2n) is 13.7. The first-order valence-electron chi connectivity index (χ1n) is 16.9. The Hall–Kier alpha value is -5.34. The lowest BCUT2D eigenvalue weighted by molar-refractivity contribution is -0.164. The molecule has 7 nitrogen and oxygen atoms in total. The molecule has 0 amide bonds. The highest BCUT2D eigenvalue weighted by Crippen LogP contribution is 2.44. The van der Waals surface area contributed by atoms with Gasteiger partial charge in [-0.25, -0.2) is 18.7 Å². The van der Waals surface area contributed by atoms with Crippen molar-refractivity contribution < 1.29 is 23.4 Å². The zero-order valence-electron chi connectivity index (χ0n) is 29.2. The van der Waals surface area contributed by atoms with E-state index in [0.717, 1.165) is 45.4 Å². The van der Waals surface area contributed by atoms with Gasteiger partial charge in [0.2, 0.25) is 0 Å². The molecule has 1 aliphatic heterocycles. The van der Waals surface area contributed by atoms with Gasteiger partial charge in [0.1, 0.15) is 5.69 Å². The molecule has 2 aromatic heterocycles. The Morgan fingerprint density at radius 3 is 2.24 bits per heavy atom. The van der Waals surface area contributed by atoms with Gasteiger partial charge in [0.15, 0.2) is 23.3 Å². The first-order valence-corrected chi connectivity index (χ1v) is 16.9. The Labute approximate surface area is 291 Å². The van der Waals surface area contributed by atoms with Crippen molar-refractivity contribution in [2.45, 2.75) is 59.2 Å². The molecule has 3 heterocycles. The van der Waals surface area contributed by atoms with E-state index in [9.17, 15) is 4.79 Å². The predicted molar refractivity (Wildman–Crippen MR) is 194 cm³/mol. The lowest BCUT2D eigenvalue weighted by atomic mass is 9.90.